The maximum absolute atomic E-state index is 12.7. The van der Waals surface area contributed by atoms with Gasteiger partial charge >= 0.3 is 0 Å². The van der Waals surface area contributed by atoms with Crippen molar-refractivity contribution in [2.75, 3.05) is 13.1 Å². The third kappa shape index (κ3) is 2.89. The van der Waals surface area contributed by atoms with Gasteiger partial charge in [-0.25, -0.2) is 0 Å². The molecule has 3 rings (SSSR count). The number of carbonyl (C=O) groups excluding carboxylic acids is 2. The molecule has 0 atom stereocenters. The zero-order valence-corrected chi connectivity index (χ0v) is 15.2. The first kappa shape index (κ1) is 16.9. The Labute approximate surface area is 151 Å². The summed E-state index contributed by atoms with van der Waals surface area (Å²) < 4.78 is 0.773. The van der Waals surface area contributed by atoms with Crippen LogP contribution in [0.3, 0.4) is 0 Å². The van der Waals surface area contributed by atoms with E-state index in [1.54, 1.807) is 36.4 Å². The van der Waals surface area contributed by atoms with Crippen molar-refractivity contribution in [3.63, 3.8) is 0 Å². The molecular formula is C19H17NO2S2. The molecule has 2 aromatic rings. The Morgan fingerprint density at radius 2 is 1.46 bits per heavy atom. The molecule has 0 heterocycles. The van der Waals surface area contributed by atoms with Crippen LogP contribution in [0.15, 0.2) is 47.4 Å². The van der Waals surface area contributed by atoms with Crippen molar-refractivity contribution in [3.8, 4) is 0 Å². The second kappa shape index (κ2) is 6.87. The van der Waals surface area contributed by atoms with E-state index in [0.29, 0.717) is 22.3 Å². The lowest BCUT2D eigenvalue weighted by molar-refractivity contribution is 0.0979. The summed E-state index contributed by atoms with van der Waals surface area (Å²) >= 11 is 6.92. The highest BCUT2D eigenvalue weighted by atomic mass is 32.2. The van der Waals surface area contributed by atoms with Gasteiger partial charge in [-0.2, -0.15) is 0 Å². The van der Waals surface area contributed by atoms with Crippen LogP contribution in [0.25, 0.3) is 0 Å². The van der Waals surface area contributed by atoms with Crippen molar-refractivity contribution in [1.29, 1.82) is 0 Å². The Kier molecular flexibility index (Phi) is 4.83. The third-order valence-electron chi connectivity index (χ3n) is 4.12. The lowest BCUT2D eigenvalue weighted by Crippen LogP contribution is -2.26. The minimum Gasteiger partial charge on any atom is -0.358 e. The molecule has 0 fully saturated rings. The second-order valence-corrected chi connectivity index (χ2v) is 7.16. The van der Waals surface area contributed by atoms with E-state index in [0.717, 1.165) is 22.3 Å². The third-order valence-corrected chi connectivity index (χ3v) is 5.55. The molecule has 0 spiro atoms. The van der Waals surface area contributed by atoms with E-state index in [1.807, 2.05) is 6.07 Å². The van der Waals surface area contributed by atoms with Crippen LogP contribution in [0.1, 0.15) is 45.7 Å². The predicted octanol–water partition coefficient (Wildman–Crippen LogP) is 4.18. The zero-order valence-electron chi connectivity index (χ0n) is 13.5. The highest BCUT2D eigenvalue weighted by Crippen LogP contribution is 2.31. The fraction of sp³-hybridized carbons (Fsp3) is 0.211. The van der Waals surface area contributed by atoms with Crippen LogP contribution in [0.4, 0.5) is 0 Å². The number of ketones is 2. The molecule has 0 saturated carbocycles. The monoisotopic (exact) mass is 355 g/mol. The van der Waals surface area contributed by atoms with E-state index in [4.69, 9.17) is 12.2 Å². The largest absolute Gasteiger partial charge is 0.358 e. The van der Waals surface area contributed by atoms with Gasteiger partial charge < -0.3 is 4.90 Å². The summed E-state index contributed by atoms with van der Waals surface area (Å²) in [5.41, 5.74) is 1.89. The molecule has 0 unspecified atom stereocenters. The van der Waals surface area contributed by atoms with E-state index in [1.165, 1.54) is 11.8 Å². The summed E-state index contributed by atoms with van der Waals surface area (Å²) in [5, 5.41) is 0. The fourth-order valence-electron chi connectivity index (χ4n) is 2.79. The molecule has 0 radical (unpaired) electrons. The van der Waals surface area contributed by atoms with Crippen molar-refractivity contribution < 1.29 is 9.59 Å². The van der Waals surface area contributed by atoms with Crippen LogP contribution in [-0.4, -0.2) is 33.9 Å². The van der Waals surface area contributed by atoms with Gasteiger partial charge in [0.1, 0.15) is 4.32 Å². The number of benzene rings is 2. The number of thiocarbonyl (C=S) groups is 1. The molecule has 5 heteroatoms. The molecule has 1 aliphatic rings. The first-order chi connectivity index (χ1) is 11.6. The highest BCUT2D eigenvalue weighted by Gasteiger charge is 2.29. The summed E-state index contributed by atoms with van der Waals surface area (Å²) in [5.74, 6) is -0.195. The van der Waals surface area contributed by atoms with Crippen LogP contribution in [0.2, 0.25) is 0 Å². The van der Waals surface area contributed by atoms with Gasteiger partial charge in [-0.3, -0.25) is 9.59 Å². The van der Waals surface area contributed by atoms with Gasteiger partial charge in [0.2, 0.25) is 0 Å². The van der Waals surface area contributed by atoms with Crippen molar-refractivity contribution in [2.24, 2.45) is 0 Å². The molecular weight excluding hydrogens is 338 g/mol. The lowest BCUT2D eigenvalue weighted by Gasteiger charge is -2.22. The number of rotatable bonds is 3. The van der Waals surface area contributed by atoms with Gasteiger partial charge in [-0.1, -0.05) is 48.2 Å². The maximum atomic E-state index is 12.7. The second-order valence-electron chi connectivity index (χ2n) is 5.45. The number of hydrogen-bond donors (Lipinski definition) is 0. The first-order valence-corrected chi connectivity index (χ1v) is 9.08. The van der Waals surface area contributed by atoms with Gasteiger partial charge in [-0.05, 0) is 32.0 Å². The molecule has 3 nitrogen and oxygen atoms in total. The number of hydrogen-bond acceptors (Lipinski definition) is 4. The molecule has 0 amide bonds. The molecule has 122 valence electrons. The van der Waals surface area contributed by atoms with Crippen LogP contribution in [0, 0.1) is 0 Å². The molecule has 0 aliphatic heterocycles. The summed E-state index contributed by atoms with van der Waals surface area (Å²) in [4.78, 5) is 28.3. The van der Waals surface area contributed by atoms with E-state index in [9.17, 15) is 9.59 Å². The van der Waals surface area contributed by atoms with E-state index in [-0.39, 0.29) is 11.6 Å². The molecule has 24 heavy (non-hydrogen) atoms. The van der Waals surface area contributed by atoms with Crippen molar-refractivity contribution in [3.05, 3.63) is 64.7 Å². The van der Waals surface area contributed by atoms with Crippen LogP contribution in [-0.2, 0) is 0 Å². The molecule has 0 N–H and O–H groups in total. The van der Waals surface area contributed by atoms with Crippen molar-refractivity contribution in [2.45, 2.75) is 18.7 Å². The van der Waals surface area contributed by atoms with Gasteiger partial charge in [0.05, 0.1) is 0 Å². The van der Waals surface area contributed by atoms with Gasteiger partial charge in [0.15, 0.2) is 11.6 Å². The number of thioether (sulfide) groups is 1. The highest BCUT2D eigenvalue weighted by molar-refractivity contribution is 8.22. The number of carbonyl (C=O) groups is 2. The van der Waals surface area contributed by atoms with Crippen LogP contribution >= 0.6 is 24.0 Å². The molecule has 0 bridgehead atoms. The first-order valence-electron chi connectivity index (χ1n) is 7.86. The van der Waals surface area contributed by atoms with E-state index >= 15 is 0 Å². The summed E-state index contributed by atoms with van der Waals surface area (Å²) in [6.07, 6.45) is 0. The Bertz CT molecular complexity index is 841. The Balaban J connectivity index is 1.96. The average Bonchev–Trinajstić information content (AvgIpc) is 2.60. The Morgan fingerprint density at radius 1 is 0.917 bits per heavy atom. The topological polar surface area (TPSA) is 37.4 Å². The normalized spacial score (nSPS) is 12.6. The molecule has 2 aromatic carbocycles. The zero-order chi connectivity index (χ0) is 17.3. The average molecular weight is 355 g/mol. The van der Waals surface area contributed by atoms with E-state index in [2.05, 4.69) is 18.7 Å². The number of nitrogens with zero attached hydrogens (tertiary/aromatic N) is 1. The minimum atomic E-state index is -0.101. The quantitative estimate of drug-likeness (QED) is 0.520. The minimum absolute atomic E-state index is 0.0944. The lowest BCUT2D eigenvalue weighted by atomic mass is 9.84. The molecule has 0 aromatic heterocycles. The van der Waals surface area contributed by atoms with Gasteiger partial charge in [0.25, 0.3) is 0 Å². The standard InChI is InChI=1S/C19H17NO2S2/c1-3-20(4-2)19(23)24-12-9-10-15-16(11-12)18(22)14-8-6-5-7-13(14)17(15)21/h5-11H,3-4H2,1-2H3. The van der Waals surface area contributed by atoms with E-state index < -0.39 is 0 Å². The molecule has 0 saturated heterocycles. The summed E-state index contributed by atoms with van der Waals surface area (Å²) in [7, 11) is 0. The number of fused-ring (bicyclic) bond motifs is 2. The van der Waals surface area contributed by atoms with Crippen molar-refractivity contribution in [1.82, 2.24) is 4.90 Å². The maximum Gasteiger partial charge on any atom is 0.194 e. The summed E-state index contributed by atoms with van der Waals surface area (Å²) in [6.45, 7) is 5.81. The Morgan fingerprint density at radius 3 is 2.04 bits per heavy atom. The van der Waals surface area contributed by atoms with Crippen LogP contribution < -0.4 is 0 Å². The van der Waals surface area contributed by atoms with Crippen LogP contribution in [0.5, 0.6) is 0 Å². The summed E-state index contributed by atoms with van der Waals surface area (Å²) in [6, 6.07) is 12.4. The predicted molar refractivity (Wildman–Crippen MR) is 101 cm³/mol. The smallest absolute Gasteiger partial charge is 0.194 e. The SMILES string of the molecule is CCN(CC)C(=S)Sc1ccc2c(c1)C(=O)c1ccccc1C2=O. The van der Waals surface area contributed by atoms with Gasteiger partial charge in [0, 0.05) is 40.2 Å². The fourth-order valence-corrected chi connectivity index (χ4v) is 4.24. The van der Waals surface area contributed by atoms with Gasteiger partial charge in [-0.15, -0.1) is 0 Å². The van der Waals surface area contributed by atoms with Crippen molar-refractivity contribution >= 4 is 39.9 Å². The Hall–Kier alpha value is -1.98. The molecule has 1 aliphatic carbocycles.